The molecule has 2 heteroatoms. The van der Waals surface area contributed by atoms with E-state index in [0.717, 1.165) is 18.4 Å². The Balaban J connectivity index is 2.07. The topological polar surface area (TPSA) is 35.2 Å². The van der Waals surface area contributed by atoms with Crippen LogP contribution in [0.3, 0.4) is 0 Å². The van der Waals surface area contributed by atoms with E-state index in [1.165, 1.54) is 6.42 Å². The lowest BCUT2D eigenvalue weighted by atomic mass is 10.2. The van der Waals surface area contributed by atoms with Crippen molar-refractivity contribution in [1.82, 2.24) is 0 Å². The van der Waals surface area contributed by atoms with Crippen LogP contribution in [0, 0.1) is 11.8 Å². The van der Waals surface area contributed by atoms with Gasteiger partial charge < -0.3 is 10.5 Å². The Morgan fingerprint density at radius 3 is 2.45 bits per heavy atom. The first kappa shape index (κ1) is 9.01. The Labute approximate surface area is 69.1 Å². The fourth-order valence-corrected chi connectivity index (χ4v) is 1.37. The summed E-state index contributed by atoms with van der Waals surface area (Å²) in [7, 11) is 0. The first-order valence-electron chi connectivity index (χ1n) is 4.48. The van der Waals surface area contributed by atoms with E-state index >= 15 is 0 Å². The maximum Gasteiger partial charge on any atom is 0.0623 e. The quantitative estimate of drug-likeness (QED) is 0.669. The summed E-state index contributed by atoms with van der Waals surface area (Å²) >= 11 is 0. The van der Waals surface area contributed by atoms with Crippen LogP contribution in [0.5, 0.6) is 0 Å². The molecule has 0 bridgehead atoms. The average Bonchev–Trinajstić information content (AvgIpc) is 2.61. The SMILES string of the molecule is CC(C)OCC(N)C1CC1C. The van der Waals surface area contributed by atoms with Gasteiger partial charge in [-0.05, 0) is 32.1 Å². The molecule has 1 saturated carbocycles. The molecule has 1 aliphatic carbocycles. The number of rotatable bonds is 4. The summed E-state index contributed by atoms with van der Waals surface area (Å²) in [6.45, 7) is 7.07. The van der Waals surface area contributed by atoms with Gasteiger partial charge in [0.25, 0.3) is 0 Å². The largest absolute Gasteiger partial charge is 0.377 e. The lowest BCUT2D eigenvalue weighted by Crippen LogP contribution is -2.30. The maximum atomic E-state index is 5.89. The highest BCUT2D eigenvalue weighted by molar-refractivity contribution is 4.90. The third-order valence-electron chi connectivity index (χ3n) is 2.34. The van der Waals surface area contributed by atoms with E-state index in [1.807, 2.05) is 13.8 Å². The second-order valence-electron chi connectivity index (χ2n) is 3.92. The summed E-state index contributed by atoms with van der Waals surface area (Å²) in [4.78, 5) is 0. The van der Waals surface area contributed by atoms with Crippen molar-refractivity contribution in [2.24, 2.45) is 17.6 Å². The van der Waals surface area contributed by atoms with Crippen LogP contribution >= 0.6 is 0 Å². The van der Waals surface area contributed by atoms with Crippen LogP contribution in [-0.4, -0.2) is 18.8 Å². The molecule has 1 fully saturated rings. The highest BCUT2D eigenvalue weighted by Gasteiger charge is 2.37. The van der Waals surface area contributed by atoms with E-state index in [1.54, 1.807) is 0 Å². The minimum absolute atomic E-state index is 0.271. The fraction of sp³-hybridized carbons (Fsp3) is 1.00. The summed E-state index contributed by atoms with van der Waals surface area (Å²) in [6.07, 6.45) is 1.61. The van der Waals surface area contributed by atoms with E-state index in [-0.39, 0.29) is 6.04 Å². The molecule has 1 aliphatic rings. The Kier molecular flexibility index (Phi) is 2.90. The molecule has 1 rings (SSSR count). The molecule has 0 aromatic heterocycles. The van der Waals surface area contributed by atoms with Crippen molar-refractivity contribution in [2.75, 3.05) is 6.61 Å². The van der Waals surface area contributed by atoms with Crippen LogP contribution in [0.4, 0.5) is 0 Å². The van der Waals surface area contributed by atoms with Crippen molar-refractivity contribution < 1.29 is 4.74 Å². The molecule has 0 heterocycles. The second-order valence-corrected chi connectivity index (χ2v) is 3.92. The van der Waals surface area contributed by atoms with Gasteiger partial charge in [-0.15, -0.1) is 0 Å². The monoisotopic (exact) mass is 157 g/mol. The molecule has 0 aromatic rings. The van der Waals surface area contributed by atoms with E-state index in [0.29, 0.717) is 6.10 Å². The minimum Gasteiger partial charge on any atom is -0.377 e. The minimum atomic E-state index is 0.271. The predicted molar refractivity (Wildman–Crippen MR) is 46.3 cm³/mol. The van der Waals surface area contributed by atoms with Gasteiger partial charge in [0.2, 0.25) is 0 Å². The molecule has 0 aromatic carbocycles. The van der Waals surface area contributed by atoms with E-state index < -0.39 is 0 Å². The van der Waals surface area contributed by atoms with Gasteiger partial charge in [-0.3, -0.25) is 0 Å². The van der Waals surface area contributed by atoms with E-state index in [2.05, 4.69) is 6.92 Å². The number of nitrogens with two attached hydrogens (primary N) is 1. The lowest BCUT2D eigenvalue weighted by molar-refractivity contribution is 0.0639. The standard InChI is InChI=1S/C9H19NO/c1-6(2)11-5-9(10)8-4-7(8)3/h6-9H,4-5,10H2,1-3H3. The average molecular weight is 157 g/mol. The zero-order valence-corrected chi connectivity index (χ0v) is 7.71. The van der Waals surface area contributed by atoms with Crippen molar-refractivity contribution >= 4 is 0 Å². The van der Waals surface area contributed by atoms with E-state index in [4.69, 9.17) is 10.5 Å². The van der Waals surface area contributed by atoms with Crippen molar-refractivity contribution in [2.45, 2.75) is 39.3 Å². The van der Waals surface area contributed by atoms with Gasteiger partial charge in [-0.1, -0.05) is 6.92 Å². The molecule has 0 spiro atoms. The molecular formula is C9H19NO. The zero-order chi connectivity index (χ0) is 8.43. The van der Waals surface area contributed by atoms with Crippen molar-refractivity contribution in [3.05, 3.63) is 0 Å². The summed E-state index contributed by atoms with van der Waals surface area (Å²) in [6, 6.07) is 0.271. The van der Waals surface area contributed by atoms with Crippen LogP contribution in [-0.2, 0) is 4.74 Å². The van der Waals surface area contributed by atoms with Crippen LogP contribution in [0.15, 0.2) is 0 Å². The summed E-state index contributed by atoms with van der Waals surface area (Å²) in [5.41, 5.74) is 5.89. The first-order chi connectivity index (χ1) is 5.11. The van der Waals surface area contributed by atoms with Gasteiger partial charge in [-0.25, -0.2) is 0 Å². The van der Waals surface area contributed by atoms with Crippen LogP contribution in [0.2, 0.25) is 0 Å². The molecule has 0 aliphatic heterocycles. The normalized spacial score (nSPS) is 32.5. The second kappa shape index (κ2) is 3.55. The molecule has 2 N–H and O–H groups in total. The van der Waals surface area contributed by atoms with Crippen LogP contribution < -0.4 is 5.73 Å². The zero-order valence-electron chi connectivity index (χ0n) is 7.71. The summed E-state index contributed by atoms with van der Waals surface area (Å²) < 4.78 is 5.43. The highest BCUT2D eigenvalue weighted by Crippen LogP contribution is 2.39. The molecule has 66 valence electrons. The molecule has 0 saturated heterocycles. The number of hydrogen-bond donors (Lipinski definition) is 1. The molecule has 0 amide bonds. The Hall–Kier alpha value is -0.0800. The van der Waals surface area contributed by atoms with Crippen LogP contribution in [0.1, 0.15) is 27.2 Å². The van der Waals surface area contributed by atoms with Crippen molar-refractivity contribution in [1.29, 1.82) is 0 Å². The summed E-state index contributed by atoms with van der Waals surface area (Å²) in [5, 5.41) is 0. The molecule has 0 radical (unpaired) electrons. The molecular weight excluding hydrogens is 138 g/mol. The third kappa shape index (κ3) is 2.80. The molecule has 3 atom stereocenters. The first-order valence-corrected chi connectivity index (χ1v) is 4.48. The Morgan fingerprint density at radius 2 is 2.09 bits per heavy atom. The fourth-order valence-electron chi connectivity index (χ4n) is 1.37. The van der Waals surface area contributed by atoms with Crippen molar-refractivity contribution in [3.8, 4) is 0 Å². The lowest BCUT2D eigenvalue weighted by Gasteiger charge is -2.13. The third-order valence-corrected chi connectivity index (χ3v) is 2.34. The Bertz CT molecular complexity index is 125. The highest BCUT2D eigenvalue weighted by atomic mass is 16.5. The molecule has 2 nitrogen and oxygen atoms in total. The van der Waals surface area contributed by atoms with Gasteiger partial charge in [0, 0.05) is 6.04 Å². The van der Waals surface area contributed by atoms with E-state index in [9.17, 15) is 0 Å². The molecule has 11 heavy (non-hydrogen) atoms. The van der Waals surface area contributed by atoms with Gasteiger partial charge in [-0.2, -0.15) is 0 Å². The number of hydrogen-bond acceptors (Lipinski definition) is 2. The van der Waals surface area contributed by atoms with Gasteiger partial charge >= 0.3 is 0 Å². The summed E-state index contributed by atoms with van der Waals surface area (Å²) in [5.74, 6) is 1.56. The molecule has 3 unspecified atom stereocenters. The smallest absolute Gasteiger partial charge is 0.0623 e. The van der Waals surface area contributed by atoms with Crippen molar-refractivity contribution in [3.63, 3.8) is 0 Å². The predicted octanol–water partition coefficient (Wildman–Crippen LogP) is 1.39. The Morgan fingerprint density at radius 1 is 1.55 bits per heavy atom. The van der Waals surface area contributed by atoms with Gasteiger partial charge in [0.1, 0.15) is 0 Å². The van der Waals surface area contributed by atoms with Gasteiger partial charge in [0.15, 0.2) is 0 Å². The number of ether oxygens (including phenoxy) is 1. The van der Waals surface area contributed by atoms with Gasteiger partial charge in [0.05, 0.1) is 12.7 Å². The van der Waals surface area contributed by atoms with Crippen LogP contribution in [0.25, 0.3) is 0 Å². The maximum absolute atomic E-state index is 5.89.